The van der Waals surface area contributed by atoms with E-state index in [1.807, 2.05) is 6.21 Å². The second-order valence-corrected chi connectivity index (χ2v) is 11.2. The molecule has 2 aromatic carbocycles. The number of nitrogens with zero attached hydrogens (tertiary/aromatic N) is 2. The van der Waals surface area contributed by atoms with Gasteiger partial charge in [-0.1, -0.05) is 18.5 Å². The molecule has 2 aliphatic rings. The van der Waals surface area contributed by atoms with E-state index >= 15 is 0 Å². The van der Waals surface area contributed by atoms with Crippen molar-refractivity contribution in [2.75, 3.05) is 24.2 Å². The maximum absolute atomic E-state index is 14.1. The third-order valence-corrected chi connectivity index (χ3v) is 6.52. The van der Waals surface area contributed by atoms with Crippen LogP contribution >= 0.6 is 11.6 Å². The lowest BCUT2D eigenvalue weighted by molar-refractivity contribution is 0.0735. The summed E-state index contributed by atoms with van der Waals surface area (Å²) in [5, 5.41) is 10.5. The van der Waals surface area contributed by atoms with Crippen LogP contribution in [0.1, 0.15) is 25.3 Å². The van der Waals surface area contributed by atoms with Crippen LogP contribution in [-0.4, -0.2) is 58.8 Å². The van der Waals surface area contributed by atoms with Crippen LogP contribution in [0.2, 0.25) is 5.02 Å². The second kappa shape index (κ2) is 10.0. The highest BCUT2D eigenvalue weighted by atomic mass is 35.5. The fourth-order valence-corrected chi connectivity index (χ4v) is 4.79. The molecule has 2 heterocycles. The molecule has 0 aliphatic carbocycles. The smallest absolute Gasteiger partial charge is 0.150 e. The molecule has 2 N–H and O–H groups in total. The monoisotopic (exact) mass is 507 g/mol. The van der Waals surface area contributed by atoms with Crippen molar-refractivity contribution in [2.24, 2.45) is 15.9 Å². The van der Waals surface area contributed by atoms with Crippen molar-refractivity contribution >= 4 is 56.2 Å². The van der Waals surface area contributed by atoms with Gasteiger partial charge in [0.25, 0.3) is 0 Å². The first-order chi connectivity index (χ1) is 16.1. The van der Waals surface area contributed by atoms with Crippen LogP contribution in [0.4, 0.5) is 21.5 Å². The normalized spacial score (nSPS) is 25.0. The van der Waals surface area contributed by atoms with Crippen LogP contribution in [0.5, 0.6) is 5.75 Å². The lowest BCUT2D eigenvalue weighted by Gasteiger charge is -2.18. The Labute approximate surface area is 203 Å². The minimum atomic E-state index is -2.51. The summed E-state index contributed by atoms with van der Waals surface area (Å²) in [7, 11) is -2.51. The average molecular weight is 508 g/mol. The molecule has 4 rings (SSSR count). The zero-order valence-corrected chi connectivity index (χ0v) is 20.5. The third kappa shape index (κ3) is 5.78. The minimum absolute atomic E-state index is 0.108. The summed E-state index contributed by atoms with van der Waals surface area (Å²) in [6.45, 7) is 2.43. The van der Waals surface area contributed by atoms with Crippen molar-refractivity contribution in [3.8, 4) is 5.75 Å². The molecule has 182 valence electrons. The van der Waals surface area contributed by atoms with Crippen LogP contribution in [0.25, 0.3) is 0 Å². The average Bonchev–Trinajstić information content (AvgIpc) is 3.05. The predicted octanol–water partition coefficient (Wildman–Crippen LogP) is 4.54. The number of benzene rings is 2. The molecule has 10 heteroatoms. The molecular weight excluding hydrogens is 481 g/mol. The lowest BCUT2D eigenvalue weighted by Crippen LogP contribution is -2.29. The van der Waals surface area contributed by atoms with Crippen LogP contribution in [0, 0.1) is 11.7 Å². The highest BCUT2D eigenvalue weighted by Crippen LogP contribution is 2.38. The third-order valence-electron chi connectivity index (χ3n) is 5.55. The van der Waals surface area contributed by atoms with Crippen LogP contribution in [0.3, 0.4) is 0 Å². The zero-order chi connectivity index (χ0) is 24.5. The molecule has 0 saturated carbocycles. The summed E-state index contributed by atoms with van der Waals surface area (Å²) >= 11 is 6.67. The molecule has 0 bridgehead atoms. The molecule has 2 aliphatic heterocycles. The first-order valence-electron chi connectivity index (χ1n) is 10.9. The van der Waals surface area contributed by atoms with E-state index in [1.165, 1.54) is 24.5 Å². The molecule has 0 radical (unpaired) electrons. The Balaban J connectivity index is 1.79. The van der Waals surface area contributed by atoms with Gasteiger partial charge in [0.2, 0.25) is 0 Å². The number of halogens is 2. The van der Waals surface area contributed by atoms with Gasteiger partial charge in [-0.2, -0.15) is 0 Å². The van der Waals surface area contributed by atoms with E-state index in [2.05, 4.69) is 22.5 Å². The summed E-state index contributed by atoms with van der Waals surface area (Å²) < 4.78 is 40.2. The van der Waals surface area contributed by atoms with Gasteiger partial charge in [-0.15, -0.1) is 0 Å². The van der Waals surface area contributed by atoms with Gasteiger partial charge in [-0.25, -0.2) is 13.6 Å². The number of ether oxygens (including phenoxy) is 2. The van der Waals surface area contributed by atoms with Crippen molar-refractivity contribution in [3.05, 3.63) is 46.7 Å². The Morgan fingerprint density at radius 3 is 2.85 bits per heavy atom. The number of aliphatic hydroxyl groups is 1. The first kappa shape index (κ1) is 24.7. The van der Waals surface area contributed by atoms with Crippen LogP contribution < -0.4 is 9.46 Å². The Hall–Kier alpha value is -2.46. The standard InChI is InChI=1S/C24H27ClFN3O4S/c1-4-14-7-20(24-17(25)9-16(29-34(2,3)31)10-19(24)27-11-14)28-18-6-5-15(26)8-22(18)33-23-13-32-12-21(23)30/h5-6,8-11,14,21,23,30H,2,4,7,12-13H2,1,3H3,(H,29,31). The molecule has 1 fully saturated rings. The number of aliphatic hydroxyl groups excluding tert-OH is 1. The Bertz CT molecular complexity index is 1250. The van der Waals surface area contributed by atoms with E-state index in [1.54, 1.807) is 12.1 Å². The number of anilines is 1. The topological polar surface area (TPSA) is 92.5 Å². The van der Waals surface area contributed by atoms with Crippen molar-refractivity contribution in [1.82, 2.24) is 0 Å². The van der Waals surface area contributed by atoms with Crippen LogP contribution in [0.15, 0.2) is 40.3 Å². The summed E-state index contributed by atoms with van der Waals surface area (Å²) in [4.78, 5) is 9.47. The second-order valence-electron chi connectivity index (χ2n) is 8.54. The minimum Gasteiger partial charge on any atom is -0.483 e. The van der Waals surface area contributed by atoms with Crippen molar-refractivity contribution in [2.45, 2.75) is 32.0 Å². The van der Waals surface area contributed by atoms with Gasteiger partial charge in [0.05, 0.1) is 29.6 Å². The van der Waals surface area contributed by atoms with E-state index in [9.17, 15) is 13.7 Å². The van der Waals surface area contributed by atoms with E-state index in [-0.39, 0.29) is 24.9 Å². The summed E-state index contributed by atoms with van der Waals surface area (Å²) in [5.41, 5.74) is 2.84. The maximum Gasteiger partial charge on any atom is 0.150 e. The molecule has 7 nitrogen and oxygen atoms in total. The number of hydrogen-bond donors (Lipinski definition) is 2. The fraction of sp³-hybridized carbons (Fsp3) is 0.375. The highest BCUT2D eigenvalue weighted by Gasteiger charge is 2.29. The Morgan fingerprint density at radius 2 is 2.18 bits per heavy atom. The van der Waals surface area contributed by atoms with Gasteiger partial charge in [0.15, 0.2) is 6.10 Å². The van der Waals surface area contributed by atoms with Crippen molar-refractivity contribution in [3.63, 3.8) is 0 Å². The zero-order valence-electron chi connectivity index (χ0n) is 19.0. The molecular formula is C24H27ClFN3O4S. The van der Waals surface area contributed by atoms with Gasteiger partial charge < -0.3 is 19.3 Å². The molecule has 4 unspecified atom stereocenters. The number of aliphatic imine (C=N–C) groups is 2. The molecule has 34 heavy (non-hydrogen) atoms. The van der Waals surface area contributed by atoms with E-state index < -0.39 is 27.7 Å². The summed E-state index contributed by atoms with van der Waals surface area (Å²) in [5.74, 6) is 3.46. The molecule has 0 spiro atoms. The highest BCUT2D eigenvalue weighted by molar-refractivity contribution is 8.00. The van der Waals surface area contributed by atoms with Crippen molar-refractivity contribution in [1.29, 1.82) is 0 Å². The van der Waals surface area contributed by atoms with Gasteiger partial charge in [-0.3, -0.25) is 4.99 Å². The van der Waals surface area contributed by atoms with Gasteiger partial charge in [0.1, 0.15) is 23.4 Å². The van der Waals surface area contributed by atoms with E-state index in [4.69, 9.17) is 26.1 Å². The van der Waals surface area contributed by atoms with E-state index in [0.29, 0.717) is 39.8 Å². The van der Waals surface area contributed by atoms with Gasteiger partial charge in [-0.05, 0) is 48.9 Å². The summed E-state index contributed by atoms with van der Waals surface area (Å²) in [6, 6.07) is 7.51. The molecule has 4 atom stereocenters. The number of rotatable bonds is 6. The lowest BCUT2D eigenvalue weighted by atomic mass is 9.96. The molecule has 2 aromatic rings. The fourth-order valence-electron chi connectivity index (χ4n) is 3.85. The molecule has 0 amide bonds. The quantitative estimate of drug-likeness (QED) is 0.561. The van der Waals surface area contributed by atoms with Gasteiger partial charge in [0, 0.05) is 39.5 Å². The number of nitrogens with one attached hydrogen (secondary N) is 1. The SMILES string of the molecule is C=S(C)(=O)Nc1cc(Cl)c2c(c1)N=CC(CC)CC2=Nc1ccc(F)cc1OC1COCC1O. The van der Waals surface area contributed by atoms with E-state index in [0.717, 1.165) is 6.42 Å². The Kier molecular flexibility index (Phi) is 7.28. The maximum atomic E-state index is 14.1. The Morgan fingerprint density at radius 1 is 1.38 bits per heavy atom. The van der Waals surface area contributed by atoms with Crippen LogP contribution in [-0.2, 0) is 14.4 Å². The molecule has 0 aromatic heterocycles. The number of fused-ring (bicyclic) bond motifs is 1. The van der Waals surface area contributed by atoms with Gasteiger partial charge >= 0.3 is 0 Å². The summed E-state index contributed by atoms with van der Waals surface area (Å²) in [6.07, 6.45) is 3.34. The first-order valence-corrected chi connectivity index (χ1v) is 13.4. The number of hydrogen-bond acceptors (Lipinski definition) is 6. The largest absolute Gasteiger partial charge is 0.483 e. The predicted molar refractivity (Wildman–Crippen MR) is 137 cm³/mol. The molecule has 1 saturated heterocycles. The van der Waals surface area contributed by atoms with Crippen molar-refractivity contribution < 1.29 is 23.2 Å².